The summed E-state index contributed by atoms with van der Waals surface area (Å²) < 4.78 is 14.7. The van der Waals surface area contributed by atoms with Crippen molar-refractivity contribution >= 4 is 7.82 Å². The predicted octanol–water partition coefficient (Wildman–Crippen LogP) is 6.51. The van der Waals surface area contributed by atoms with Gasteiger partial charge in [0.1, 0.15) is 0 Å². The van der Waals surface area contributed by atoms with E-state index in [4.69, 9.17) is 4.89 Å². The highest BCUT2D eigenvalue weighted by Crippen LogP contribution is 2.30. The zero-order valence-electron chi connectivity index (χ0n) is 16.6. The highest BCUT2D eigenvalue weighted by molar-refractivity contribution is 7.44. The minimum Gasteiger partial charge on any atom is -0.756 e. The van der Waals surface area contributed by atoms with Crippen LogP contribution in [-0.2, 0) is 9.09 Å². The lowest BCUT2D eigenvalue weighted by molar-refractivity contribution is -0.219. The van der Waals surface area contributed by atoms with Crippen LogP contribution in [0, 0.1) is 0 Å². The molecule has 0 aromatic heterocycles. The van der Waals surface area contributed by atoms with Gasteiger partial charge in [0.2, 0.25) is 0 Å². The Morgan fingerprint density at radius 2 is 0.920 bits per heavy atom. The van der Waals surface area contributed by atoms with Crippen molar-refractivity contribution in [3.8, 4) is 0 Å². The maximum absolute atomic E-state index is 10.4. The molecule has 0 aliphatic heterocycles. The number of rotatable bonds is 20. The normalized spacial score (nSPS) is 13.9. The third-order valence-electron chi connectivity index (χ3n) is 4.75. The zero-order chi connectivity index (χ0) is 18.6. The van der Waals surface area contributed by atoms with Crippen molar-refractivity contribution in [3.63, 3.8) is 0 Å². The van der Waals surface area contributed by atoms with E-state index in [0.29, 0.717) is 6.42 Å². The minimum atomic E-state index is -4.51. The van der Waals surface area contributed by atoms with Gasteiger partial charge in [-0.05, 0) is 6.42 Å². The van der Waals surface area contributed by atoms with Gasteiger partial charge in [-0.15, -0.1) is 0 Å². The van der Waals surface area contributed by atoms with Crippen LogP contribution in [0.1, 0.15) is 122 Å². The first-order valence-corrected chi connectivity index (χ1v) is 12.2. The van der Waals surface area contributed by atoms with E-state index in [1.54, 1.807) is 0 Å². The van der Waals surface area contributed by atoms with E-state index in [0.717, 1.165) is 12.8 Å². The molecule has 0 amide bonds. The third kappa shape index (κ3) is 24.1. The van der Waals surface area contributed by atoms with E-state index >= 15 is 0 Å². The molecule has 4 nitrogen and oxygen atoms in total. The average molecular weight is 378 g/mol. The van der Waals surface area contributed by atoms with Crippen molar-refractivity contribution in [1.82, 2.24) is 0 Å². The number of phosphoric acid groups is 1. The van der Waals surface area contributed by atoms with Crippen molar-refractivity contribution in [2.45, 2.75) is 122 Å². The van der Waals surface area contributed by atoms with Crippen molar-refractivity contribution in [2.24, 2.45) is 0 Å². The molecule has 0 heterocycles. The van der Waals surface area contributed by atoms with Crippen LogP contribution >= 0.6 is 7.82 Å². The molecule has 0 saturated carbocycles. The standard InChI is InChI=1S/C20H43O4P/c1-2-3-4-5-6-7-8-9-10-11-12-13-14-15-16-17-18-19-20-24-25(21,22)23/h2-20H2,1H3,(H2,21,22,23)/p-1. The topological polar surface area (TPSA) is 69.6 Å². The van der Waals surface area contributed by atoms with Crippen LogP contribution in [0.3, 0.4) is 0 Å². The Hall–Kier alpha value is 0.110. The monoisotopic (exact) mass is 377 g/mol. The summed E-state index contributed by atoms with van der Waals surface area (Å²) in [4.78, 5) is 18.8. The molecule has 0 radical (unpaired) electrons. The Kier molecular flexibility index (Phi) is 19.0. The molecule has 1 atom stereocenters. The SMILES string of the molecule is CCCCCCCCCCCCCCCCCCCCOP(=O)([O-])O. The summed E-state index contributed by atoms with van der Waals surface area (Å²) in [5.74, 6) is 0. The van der Waals surface area contributed by atoms with Crippen molar-refractivity contribution in [1.29, 1.82) is 0 Å². The van der Waals surface area contributed by atoms with Crippen molar-refractivity contribution in [2.75, 3.05) is 6.61 Å². The Labute approximate surface area is 156 Å². The fourth-order valence-electron chi connectivity index (χ4n) is 3.18. The molecular weight excluding hydrogens is 335 g/mol. The fraction of sp³-hybridized carbons (Fsp3) is 1.00. The average Bonchev–Trinajstić information content (AvgIpc) is 2.56. The fourth-order valence-corrected chi connectivity index (χ4v) is 3.54. The summed E-state index contributed by atoms with van der Waals surface area (Å²) >= 11 is 0. The lowest BCUT2D eigenvalue weighted by Crippen LogP contribution is -2.04. The van der Waals surface area contributed by atoms with Crippen LogP contribution < -0.4 is 4.89 Å². The van der Waals surface area contributed by atoms with Gasteiger partial charge in [0.25, 0.3) is 7.82 Å². The van der Waals surface area contributed by atoms with Gasteiger partial charge in [-0.1, -0.05) is 116 Å². The van der Waals surface area contributed by atoms with Gasteiger partial charge in [-0.2, -0.15) is 0 Å². The number of unbranched alkanes of at least 4 members (excludes halogenated alkanes) is 17. The molecule has 25 heavy (non-hydrogen) atoms. The highest BCUT2D eigenvalue weighted by Gasteiger charge is 2.00. The van der Waals surface area contributed by atoms with Gasteiger partial charge in [-0.25, -0.2) is 0 Å². The van der Waals surface area contributed by atoms with Crippen molar-refractivity contribution < 1.29 is 18.9 Å². The zero-order valence-corrected chi connectivity index (χ0v) is 17.4. The maximum atomic E-state index is 10.4. The Morgan fingerprint density at radius 1 is 0.640 bits per heavy atom. The molecule has 0 aromatic rings. The summed E-state index contributed by atoms with van der Waals surface area (Å²) in [6, 6.07) is 0. The molecule has 0 aliphatic carbocycles. The summed E-state index contributed by atoms with van der Waals surface area (Å²) in [7, 11) is -4.51. The summed E-state index contributed by atoms with van der Waals surface area (Å²) in [6.45, 7) is 2.38. The summed E-state index contributed by atoms with van der Waals surface area (Å²) in [5.41, 5.74) is 0. The molecular formula is C20H42O4P-. The van der Waals surface area contributed by atoms with Crippen LogP contribution in [-0.4, -0.2) is 11.5 Å². The number of hydrogen-bond acceptors (Lipinski definition) is 3. The molecule has 0 bridgehead atoms. The predicted molar refractivity (Wildman–Crippen MR) is 105 cm³/mol. The first-order chi connectivity index (χ1) is 12.1. The van der Waals surface area contributed by atoms with Gasteiger partial charge in [0.15, 0.2) is 0 Å². The van der Waals surface area contributed by atoms with Crippen LogP contribution in [0.2, 0.25) is 0 Å². The third-order valence-corrected chi connectivity index (χ3v) is 5.26. The summed E-state index contributed by atoms with van der Waals surface area (Å²) in [6.07, 6.45) is 23.4. The maximum Gasteiger partial charge on any atom is 0.265 e. The Bertz CT molecular complexity index is 304. The highest BCUT2D eigenvalue weighted by atomic mass is 31.2. The van der Waals surface area contributed by atoms with Crippen LogP contribution in [0.25, 0.3) is 0 Å². The van der Waals surface area contributed by atoms with Crippen LogP contribution in [0.15, 0.2) is 0 Å². The van der Waals surface area contributed by atoms with Gasteiger partial charge in [-0.3, -0.25) is 4.57 Å². The first-order valence-electron chi connectivity index (χ1n) is 10.7. The number of phosphoric ester groups is 1. The molecule has 0 rings (SSSR count). The minimum absolute atomic E-state index is 0.107. The van der Waals surface area contributed by atoms with E-state index in [-0.39, 0.29) is 6.61 Å². The molecule has 0 aliphatic rings. The molecule has 1 unspecified atom stereocenters. The Morgan fingerprint density at radius 3 is 1.20 bits per heavy atom. The largest absolute Gasteiger partial charge is 0.756 e. The molecule has 1 N–H and O–H groups in total. The van der Waals surface area contributed by atoms with E-state index < -0.39 is 7.82 Å². The molecule has 0 fully saturated rings. The van der Waals surface area contributed by atoms with E-state index in [1.165, 1.54) is 96.3 Å². The molecule has 0 aromatic carbocycles. The molecule has 0 saturated heterocycles. The van der Waals surface area contributed by atoms with Gasteiger partial charge in [0.05, 0.1) is 6.61 Å². The van der Waals surface area contributed by atoms with E-state index in [1.807, 2.05) is 0 Å². The van der Waals surface area contributed by atoms with E-state index in [9.17, 15) is 9.46 Å². The lowest BCUT2D eigenvalue weighted by atomic mass is 10.0. The number of hydrogen-bond donors (Lipinski definition) is 1. The molecule has 0 spiro atoms. The summed E-state index contributed by atoms with van der Waals surface area (Å²) in [5, 5.41) is 0. The Balaban J connectivity index is 3.02. The second-order valence-electron chi connectivity index (χ2n) is 7.31. The quantitative estimate of drug-likeness (QED) is 0.194. The van der Waals surface area contributed by atoms with Crippen LogP contribution in [0.5, 0.6) is 0 Å². The first kappa shape index (κ1) is 25.1. The second-order valence-corrected chi connectivity index (χ2v) is 8.51. The van der Waals surface area contributed by atoms with Gasteiger partial charge < -0.3 is 14.3 Å². The molecule has 5 heteroatoms. The lowest BCUT2D eigenvalue weighted by Gasteiger charge is -2.14. The van der Waals surface area contributed by atoms with Crippen molar-refractivity contribution in [3.05, 3.63) is 0 Å². The van der Waals surface area contributed by atoms with Gasteiger partial charge in [0, 0.05) is 0 Å². The second kappa shape index (κ2) is 18.9. The van der Waals surface area contributed by atoms with Gasteiger partial charge >= 0.3 is 0 Å². The van der Waals surface area contributed by atoms with Crippen LogP contribution in [0.4, 0.5) is 0 Å². The molecule has 152 valence electrons. The van der Waals surface area contributed by atoms with E-state index in [2.05, 4.69) is 11.4 Å². The smallest absolute Gasteiger partial charge is 0.265 e.